The van der Waals surface area contributed by atoms with E-state index in [1.165, 1.54) is 23.1 Å². The van der Waals surface area contributed by atoms with Crippen molar-refractivity contribution in [2.24, 2.45) is 0 Å². The van der Waals surface area contributed by atoms with Crippen molar-refractivity contribution in [3.8, 4) is 0 Å². The van der Waals surface area contributed by atoms with Gasteiger partial charge in [-0.3, -0.25) is 4.79 Å². The molecule has 1 fully saturated rings. The van der Waals surface area contributed by atoms with Gasteiger partial charge in [0.25, 0.3) is 5.91 Å². The van der Waals surface area contributed by atoms with Gasteiger partial charge >= 0.3 is 0 Å². The van der Waals surface area contributed by atoms with Crippen molar-refractivity contribution >= 4 is 5.91 Å². The maximum absolute atomic E-state index is 13.1. The highest BCUT2D eigenvalue weighted by Gasteiger charge is 2.26. The molecule has 0 N–H and O–H groups in total. The monoisotopic (exact) mass is 357 g/mol. The second kappa shape index (κ2) is 8.39. The topological polar surface area (TPSA) is 20.3 Å². The molecule has 4 rings (SSSR count). The highest BCUT2D eigenvalue weighted by atomic mass is 16.2. The van der Waals surface area contributed by atoms with Gasteiger partial charge in [-0.25, -0.2) is 0 Å². The molecule has 2 aromatic rings. The first kappa shape index (κ1) is 17.8. The van der Waals surface area contributed by atoms with Crippen LogP contribution in [-0.4, -0.2) is 23.9 Å². The zero-order valence-electron chi connectivity index (χ0n) is 15.8. The van der Waals surface area contributed by atoms with Crippen LogP contribution in [0.2, 0.25) is 0 Å². The molecule has 1 heterocycles. The van der Waals surface area contributed by atoms with E-state index in [1.807, 2.05) is 6.07 Å². The molecule has 1 atom stereocenters. The van der Waals surface area contributed by atoms with Gasteiger partial charge in [0.05, 0.1) is 0 Å². The van der Waals surface area contributed by atoms with E-state index in [2.05, 4.69) is 71.6 Å². The number of likely N-dealkylation sites (tertiary alicyclic amines) is 1. The van der Waals surface area contributed by atoms with Crippen molar-refractivity contribution in [2.45, 2.75) is 38.0 Å². The summed E-state index contributed by atoms with van der Waals surface area (Å²) < 4.78 is 0. The Balaban J connectivity index is 1.44. The zero-order chi connectivity index (χ0) is 18.5. The molecule has 0 bridgehead atoms. The molecule has 1 unspecified atom stereocenters. The molecular formula is C25H27NO. The van der Waals surface area contributed by atoms with Crippen molar-refractivity contribution in [3.05, 3.63) is 95.1 Å². The van der Waals surface area contributed by atoms with Crippen LogP contribution in [0.15, 0.2) is 84.0 Å². The SMILES string of the molecule is O=C(C1=CCCC(Cc2ccccc2)=C1)N1CCCC(c2ccccc2)C1. The van der Waals surface area contributed by atoms with Crippen LogP contribution in [0.25, 0.3) is 0 Å². The fraction of sp³-hybridized carbons (Fsp3) is 0.320. The van der Waals surface area contributed by atoms with E-state index in [-0.39, 0.29) is 5.91 Å². The first-order valence-corrected chi connectivity index (χ1v) is 10.1. The lowest BCUT2D eigenvalue weighted by Crippen LogP contribution is -2.39. The summed E-state index contributed by atoms with van der Waals surface area (Å²) in [7, 11) is 0. The summed E-state index contributed by atoms with van der Waals surface area (Å²) >= 11 is 0. The van der Waals surface area contributed by atoms with E-state index in [0.717, 1.165) is 44.3 Å². The van der Waals surface area contributed by atoms with Gasteiger partial charge in [0.15, 0.2) is 0 Å². The first-order chi connectivity index (χ1) is 13.3. The normalized spacial score (nSPS) is 20.0. The van der Waals surface area contributed by atoms with Crippen molar-refractivity contribution in [3.63, 3.8) is 0 Å². The lowest BCUT2D eigenvalue weighted by atomic mass is 9.89. The molecule has 0 saturated carbocycles. The molecule has 2 aliphatic rings. The van der Waals surface area contributed by atoms with Gasteiger partial charge < -0.3 is 4.90 Å². The Hall–Kier alpha value is -2.61. The molecule has 1 saturated heterocycles. The smallest absolute Gasteiger partial charge is 0.253 e. The van der Waals surface area contributed by atoms with Gasteiger partial charge in [-0.2, -0.15) is 0 Å². The minimum absolute atomic E-state index is 0.209. The predicted octanol–water partition coefficient (Wildman–Crippen LogP) is 5.28. The number of carbonyl (C=O) groups excluding carboxylic acids is 1. The lowest BCUT2D eigenvalue weighted by molar-refractivity contribution is -0.128. The number of nitrogens with zero attached hydrogens (tertiary/aromatic N) is 1. The third kappa shape index (κ3) is 4.39. The molecule has 1 aliphatic carbocycles. The van der Waals surface area contributed by atoms with Gasteiger partial charge in [-0.15, -0.1) is 0 Å². The maximum Gasteiger partial charge on any atom is 0.253 e. The molecule has 27 heavy (non-hydrogen) atoms. The third-order valence-electron chi connectivity index (χ3n) is 5.69. The number of benzene rings is 2. The predicted molar refractivity (Wildman–Crippen MR) is 111 cm³/mol. The minimum atomic E-state index is 0.209. The quantitative estimate of drug-likeness (QED) is 0.729. The number of rotatable bonds is 4. The van der Waals surface area contributed by atoms with Crippen molar-refractivity contribution in [1.82, 2.24) is 4.90 Å². The Morgan fingerprint density at radius 3 is 2.52 bits per heavy atom. The van der Waals surface area contributed by atoms with Crippen LogP contribution in [-0.2, 0) is 11.2 Å². The number of allylic oxidation sites excluding steroid dienone is 2. The van der Waals surface area contributed by atoms with Gasteiger partial charge in [0.1, 0.15) is 0 Å². The van der Waals surface area contributed by atoms with Crippen molar-refractivity contribution in [2.75, 3.05) is 13.1 Å². The Labute approximate surface area is 162 Å². The Kier molecular flexibility index (Phi) is 5.53. The largest absolute Gasteiger partial charge is 0.338 e. The second-order valence-corrected chi connectivity index (χ2v) is 7.66. The van der Waals surface area contributed by atoms with Crippen molar-refractivity contribution < 1.29 is 4.79 Å². The van der Waals surface area contributed by atoms with Gasteiger partial charge in [-0.05, 0) is 43.2 Å². The first-order valence-electron chi connectivity index (χ1n) is 10.1. The van der Waals surface area contributed by atoms with Crippen molar-refractivity contribution in [1.29, 1.82) is 0 Å². The fourth-order valence-corrected chi connectivity index (χ4v) is 4.25. The number of carbonyl (C=O) groups is 1. The Morgan fingerprint density at radius 2 is 1.74 bits per heavy atom. The van der Waals surface area contributed by atoms with Gasteiger partial charge in [0.2, 0.25) is 0 Å². The number of piperidine rings is 1. The van der Waals surface area contributed by atoms with Gasteiger partial charge in [-0.1, -0.05) is 78.4 Å². The van der Waals surface area contributed by atoms with E-state index in [0.29, 0.717) is 5.92 Å². The summed E-state index contributed by atoms with van der Waals surface area (Å²) in [5.41, 5.74) is 4.93. The fourth-order valence-electron chi connectivity index (χ4n) is 4.25. The molecule has 138 valence electrons. The highest BCUT2D eigenvalue weighted by Crippen LogP contribution is 2.29. The van der Waals surface area contributed by atoms with E-state index in [1.54, 1.807) is 0 Å². The molecule has 2 nitrogen and oxygen atoms in total. The second-order valence-electron chi connectivity index (χ2n) is 7.66. The summed E-state index contributed by atoms with van der Waals surface area (Å²) in [6, 6.07) is 21.2. The Bertz CT molecular complexity index is 835. The van der Waals surface area contributed by atoms with Crippen LogP contribution in [0.3, 0.4) is 0 Å². The third-order valence-corrected chi connectivity index (χ3v) is 5.69. The van der Waals surface area contributed by atoms with E-state index < -0.39 is 0 Å². The maximum atomic E-state index is 13.1. The van der Waals surface area contributed by atoms with Crippen LogP contribution in [0.4, 0.5) is 0 Å². The van der Waals surface area contributed by atoms with Crippen LogP contribution in [0.1, 0.15) is 42.7 Å². The Morgan fingerprint density at radius 1 is 1.00 bits per heavy atom. The van der Waals surface area contributed by atoms with Crippen LogP contribution >= 0.6 is 0 Å². The molecule has 0 aromatic heterocycles. The van der Waals surface area contributed by atoms with Crippen LogP contribution in [0, 0.1) is 0 Å². The number of hydrogen-bond donors (Lipinski definition) is 0. The molecule has 1 amide bonds. The molecule has 0 spiro atoms. The van der Waals surface area contributed by atoms with E-state index in [9.17, 15) is 4.79 Å². The summed E-state index contributed by atoms with van der Waals surface area (Å²) in [6.07, 6.45) is 9.49. The van der Waals surface area contributed by atoms with E-state index in [4.69, 9.17) is 0 Å². The highest BCUT2D eigenvalue weighted by molar-refractivity contribution is 5.96. The minimum Gasteiger partial charge on any atom is -0.338 e. The summed E-state index contributed by atoms with van der Waals surface area (Å²) in [5, 5.41) is 0. The molecular weight excluding hydrogens is 330 g/mol. The molecule has 2 heteroatoms. The van der Waals surface area contributed by atoms with Gasteiger partial charge in [0, 0.05) is 24.6 Å². The summed E-state index contributed by atoms with van der Waals surface area (Å²) in [6.45, 7) is 1.71. The zero-order valence-corrected chi connectivity index (χ0v) is 15.8. The molecule has 0 radical (unpaired) electrons. The van der Waals surface area contributed by atoms with Crippen LogP contribution < -0.4 is 0 Å². The average molecular weight is 357 g/mol. The number of hydrogen-bond acceptors (Lipinski definition) is 1. The number of amides is 1. The molecule has 1 aliphatic heterocycles. The average Bonchev–Trinajstić information content (AvgIpc) is 2.75. The molecule has 2 aromatic carbocycles. The van der Waals surface area contributed by atoms with Crippen LogP contribution in [0.5, 0.6) is 0 Å². The lowest BCUT2D eigenvalue weighted by Gasteiger charge is -2.33. The summed E-state index contributed by atoms with van der Waals surface area (Å²) in [4.78, 5) is 15.2. The summed E-state index contributed by atoms with van der Waals surface area (Å²) in [5.74, 6) is 0.668. The van der Waals surface area contributed by atoms with E-state index >= 15 is 0 Å². The standard InChI is InChI=1S/C25H27NO/c27-25(26-16-8-15-24(19-26)22-12-5-2-6-13-22)23-14-7-11-21(18-23)17-20-9-3-1-4-10-20/h1-6,9-10,12-14,18,24H,7-8,11,15-17,19H2.